The quantitative estimate of drug-likeness (QED) is 0.243. The van der Waals surface area contributed by atoms with E-state index in [1.165, 1.54) is 6.21 Å². The zero-order valence-corrected chi connectivity index (χ0v) is 19.2. The van der Waals surface area contributed by atoms with Crippen LogP contribution < -0.4 is 14.9 Å². The molecule has 0 heterocycles. The molecule has 0 spiro atoms. The van der Waals surface area contributed by atoms with Crippen molar-refractivity contribution in [2.75, 3.05) is 7.11 Å². The monoisotopic (exact) mass is 478 g/mol. The summed E-state index contributed by atoms with van der Waals surface area (Å²) in [5.74, 6) is 0.729. The molecule has 5 nitrogen and oxygen atoms in total. The zero-order valence-electron chi connectivity index (χ0n) is 17.7. The highest BCUT2D eigenvalue weighted by Gasteiger charge is 2.11. The molecule has 0 atom stereocenters. The first-order chi connectivity index (χ1) is 16.0. The molecule has 0 fully saturated rings. The Hall–Kier alpha value is -3.54. The van der Waals surface area contributed by atoms with Crippen LogP contribution in [0.3, 0.4) is 0 Å². The Labute approximate surface area is 201 Å². The van der Waals surface area contributed by atoms with Gasteiger partial charge in [-0.15, -0.1) is 0 Å². The number of hydrogen-bond donors (Lipinski definition) is 1. The van der Waals surface area contributed by atoms with Crippen molar-refractivity contribution in [3.05, 3.63) is 106 Å². The molecule has 4 aromatic rings. The SMILES string of the molecule is COc1cccc(/C=N\NC(=O)c2ccc3ccccc3c2)c1OCc1ccc(Cl)c(Cl)c1. The van der Waals surface area contributed by atoms with Crippen LogP contribution in [0, 0.1) is 0 Å². The first-order valence-corrected chi connectivity index (χ1v) is 10.9. The predicted molar refractivity (Wildman–Crippen MR) is 133 cm³/mol. The Morgan fingerprint density at radius 2 is 1.76 bits per heavy atom. The van der Waals surface area contributed by atoms with E-state index in [4.69, 9.17) is 32.7 Å². The molecule has 0 aliphatic carbocycles. The van der Waals surface area contributed by atoms with E-state index in [1.54, 1.807) is 31.4 Å². The minimum atomic E-state index is -0.307. The summed E-state index contributed by atoms with van der Waals surface area (Å²) in [6.07, 6.45) is 1.52. The van der Waals surface area contributed by atoms with Crippen molar-refractivity contribution in [2.24, 2.45) is 5.10 Å². The van der Waals surface area contributed by atoms with Crippen LogP contribution in [0.5, 0.6) is 11.5 Å². The average Bonchev–Trinajstić information content (AvgIpc) is 2.84. The molecule has 0 saturated heterocycles. The normalized spacial score (nSPS) is 11.0. The molecule has 1 N–H and O–H groups in total. The van der Waals surface area contributed by atoms with Crippen LogP contribution in [0.25, 0.3) is 10.8 Å². The molecule has 0 bridgehead atoms. The Balaban J connectivity index is 1.49. The standard InChI is InChI=1S/C26H20Cl2N2O3/c1-32-24-8-4-7-21(25(24)33-16-17-9-12-22(27)23(28)13-17)15-29-30-26(31)20-11-10-18-5-2-3-6-19(18)14-20/h2-15H,16H2,1H3,(H,30,31)/b29-15-. The van der Waals surface area contributed by atoms with Gasteiger partial charge in [0.25, 0.3) is 5.91 Å². The fourth-order valence-corrected chi connectivity index (χ4v) is 3.61. The highest BCUT2D eigenvalue weighted by Crippen LogP contribution is 2.31. The highest BCUT2D eigenvalue weighted by atomic mass is 35.5. The maximum absolute atomic E-state index is 12.6. The molecule has 1 amide bonds. The molecule has 166 valence electrons. The van der Waals surface area contributed by atoms with Crippen molar-refractivity contribution in [1.29, 1.82) is 0 Å². The van der Waals surface area contributed by atoms with E-state index in [0.29, 0.717) is 32.7 Å². The van der Waals surface area contributed by atoms with E-state index in [0.717, 1.165) is 16.3 Å². The number of nitrogens with one attached hydrogen (secondary N) is 1. The number of para-hydroxylation sites is 1. The topological polar surface area (TPSA) is 59.9 Å². The van der Waals surface area contributed by atoms with Gasteiger partial charge in [-0.1, -0.05) is 65.7 Å². The second-order valence-corrected chi connectivity index (χ2v) is 7.99. The summed E-state index contributed by atoms with van der Waals surface area (Å²) >= 11 is 12.1. The number of rotatable bonds is 7. The van der Waals surface area contributed by atoms with Crippen LogP contribution in [0.1, 0.15) is 21.5 Å². The second kappa shape index (κ2) is 10.4. The van der Waals surface area contributed by atoms with Crippen LogP contribution in [0.2, 0.25) is 10.0 Å². The third-order valence-electron chi connectivity index (χ3n) is 4.98. The summed E-state index contributed by atoms with van der Waals surface area (Å²) in [6, 6.07) is 24.1. The van der Waals surface area contributed by atoms with Crippen molar-refractivity contribution in [1.82, 2.24) is 5.43 Å². The Morgan fingerprint density at radius 1 is 0.939 bits per heavy atom. The maximum atomic E-state index is 12.6. The summed E-state index contributed by atoms with van der Waals surface area (Å²) in [4.78, 5) is 12.6. The van der Waals surface area contributed by atoms with Crippen LogP contribution in [-0.2, 0) is 6.61 Å². The number of fused-ring (bicyclic) bond motifs is 1. The molecule has 0 aliphatic rings. The number of halogens is 2. The van der Waals surface area contributed by atoms with Gasteiger partial charge in [-0.25, -0.2) is 5.43 Å². The lowest BCUT2D eigenvalue weighted by Crippen LogP contribution is -2.17. The van der Waals surface area contributed by atoms with Gasteiger partial charge in [-0.3, -0.25) is 4.79 Å². The Morgan fingerprint density at radius 3 is 2.55 bits per heavy atom. The van der Waals surface area contributed by atoms with E-state index < -0.39 is 0 Å². The van der Waals surface area contributed by atoms with Gasteiger partial charge in [0, 0.05) is 11.1 Å². The fourth-order valence-electron chi connectivity index (χ4n) is 3.29. The lowest BCUT2D eigenvalue weighted by atomic mass is 10.1. The molecule has 4 rings (SSSR count). The van der Waals surface area contributed by atoms with Gasteiger partial charge in [-0.05, 0) is 52.7 Å². The highest BCUT2D eigenvalue weighted by molar-refractivity contribution is 6.42. The number of hydrogen-bond acceptors (Lipinski definition) is 4. The van der Waals surface area contributed by atoms with Crippen molar-refractivity contribution >= 4 is 46.1 Å². The van der Waals surface area contributed by atoms with Gasteiger partial charge >= 0.3 is 0 Å². The minimum absolute atomic E-state index is 0.252. The lowest BCUT2D eigenvalue weighted by molar-refractivity contribution is 0.0955. The summed E-state index contributed by atoms with van der Waals surface area (Å²) in [6.45, 7) is 0.252. The van der Waals surface area contributed by atoms with E-state index >= 15 is 0 Å². The van der Waals surface area contributed by atoms with Crippen molar-refractivity contribution < 1.29 is 14.3 Å². The molecule has 7 heteroatoms. The van der Waals surface area contributed by atoms with E-state index in [9.17, 15) is 4.79 Å². The smallest absolute Gasteiger partial charge is 0.271 e. The third kappa shape index (κ3) is 5.45. The van der Waals surface area contributed by atoms with Gasteiger partial charge in [0.2, 0.25) is 0 Å². The van der Waals surface area contributed by atoms with Crippen LogP contribution in [-0.4, -0.2) is 19.2 Å². The van der Waals surface area contributed by atoms with Crippen molar-refractivity contribution in [2.45, 2.75) is 6.61 Å². The molecule has 0 aromatic heterocycles. The zero-order chi connectivity index (χ0) is 23.2. The molecule has 0 aliphatic heterocycles. The van der Waals surface area contributed by atoms with E-state index in [2.05, 4.69) is 10.5 Å². The number of carbonyl (C=O) groups is 1. The van der Waals surface area contributed by atoms with Crippen LogP contribution >= 0.6 is 23.2 Å². The van der Waals surface area contributed by atoms with E-state index in [1.807, 2.05) is 54.6 Å². The molecule has 0 saturated carbocycles. The summed E-state index contributed by atoms with van der Waals surface area (Å²) in [5, 5.41) is 7.10. The number of nitrogens with zero attached hydrogens (tertiary/aromatic N) is 1. The number of amides is 1. The number of benzene rings is 4. The van der Waals surface area contributed by atoms with Gasteiger partial charge in [0.05, 0.1) is 23.4 Å². The molecule has 4 aromatic carbocycles. The van der Waals surface area contributed by atoms with Crippen molar-refractivity contribution in [3.8, 4) is 11.5 Å². The number of ether oxygens (including phenoxy) is 2. The summed E-state index contributed by atoms with van der Waals surface area (Å²) in [7, 11) is 1.56. The molecule has 0 radical (unpaired) electrons. The Kier molecular flexibility index (Phi) is 7.13. The maximum Gasteiger partial charge on any atom is 0.271 e. The van der Waals surface area contributed by atoms with Crippen LogP contribution in [0.15, 0.2) is 84.0 Å². The number of carbonyl (C=O) groups excluding carboxylic acids is 1. The Bertz CT molecular complexity index is 1340. The predicted octanol–water partition coefficient (Wildman–Crippen LogP) is 6.50. The lowest BCUT2D eigenvalue weighted by Gasteiger charge is -2.13. The number of hydrazone groups is 1. The van der Waals surface area contributed by atoms with Gasteiger partial charge in [0.15, 0.2) is 11.5 Å². The fraction of sp³-hybridized carbons (Fsp3) is 0.0769. The molecular formula is C26H20Cl2N2O3. The largest absolute Gasteiger partial charge is 0.493 e. The van der Waals surface area contributed by atoms with Crippen molar-refractivity contribution in [3.63, 3.8) is 0 Å². The third-order valence-corrected chi connectivity index (χ3v) is 5.72. The van der Waals surface area contributed by atoms with Gasteiger partial charge in [-0.2, -0.15) is 5.10 Å². The summed E-state index contributed by atoms with van der Waals surface area (Å²) in [5.41, 5.74) is 4.58. The summed E-state index contributed by atoms with van der Waals surface area (Å²) < 4.78 is 11.4. The molecular weight excluding hydrogens is 459 g/mol. The minimum Gasteiger partial charge on any atom is -0.493 e. The molecule has 33 heavy (non-hydrogen) atoms. The van der Waals surface area contributed by atoms with Crippen LogP contribution in [0.4, 0.5) is 0 Å². The van der Waals surface area contributed by atoms with Gasteiger partial charge in [0.1, 0.15) is 6.61 Å². The molecule has 0 unspecified atom stereocenters. The van der Waals surface area contributed by atoms with E-state index in [-0.39, 0.29) is 12.5 Å². The number of methoxy groups -OCH3 is 1. The second-order valence-electron chi connectivity index (χ2n) is 7.18. The first kappa shape index (κ1) is 22.6. The van der Waals surface area contributed by atoms with Gasteiger partial charge < -0.3 is 9.47 Å². The first-order valence-electron chi connectivity index (χ1n) is 10.1. The average molecular weight is 479 g/mol.